The first-order valence-electron chi connectivity index (χ1n) is 6.65. The molecule has 0 radical (unpaired) electrons. The number of benzene rings is 2. The standard InChI is InChI=1S/C16H14BrN3O3/c1-10(21)19-14-4-2-3-11(8-14)16(23)20-18-9-12-7-13(17)5-6-15(12)22/h2-9,22H,1H3,(H,19,21)(H,20,23). The summed E-state index contributed by atoms with van der Waals surface area (Å²) in [6, 6.07) is 11.4. The number of anilines is 1. The lowest BCUT2D eigenvalue weighted by Crippen LogP contribution is -2.18. The minimum Gasteiger partial charge on any atom is -0.507 e. The van der Waals surface area contributed by atoms with Crippen LogP contribution >= 0.6 is 15.9 Å². The molecular formula is C16H14BrN3O3. The number of nitrogens with zero attached hydrogens (tertiary/aromatic N) is 1. The number of amides is 2. The maximum atomic E-state index is 12.0. The number of carbonyl (C=O) groups excluding carboxylic acids is 2. The van der Waals surface area contributed by atoms with Gasteiger partial charge in [-0.05, 0) is 36.4 Å². The molecule has 0 aliphatic rings. The van der Waals surface area contributed by atoms with Crippen LogP contribution in [0.4, 0.5) is 5.69 Å². The van der Waals surface area contributed by atoms with Gasteiger partial charge in [0.25, 0.3) is 5.91 Å². The average molecular weight is 376 g/mol. The van der Waals surface area contributed by atoms with Gasteiger partial charge in [0.2, 0.25) is 5.91 Å². The lowest BCUT2D eigenvalue weighted by molar-refractivity contribution is -0.114. The lowest BCUT2D eigenvalue weighted by atomic mass is 10.2. The fourth-order valence-corrected chi connectivity index (χ4v) is 2.17. The fraction of sp³-hybridized carbons (Fsp3) is 0.0625. The van der Waals surface area contributed by atoms with Crippen molar-refractivity contribution in [1.82, 2.24) is 5.43 Å². The molecular weight excluding hydrogens is 362 g/mol. The van der Waals surface area contributed by atoms with E-state index in [-0.39, 0.29) is 11.7 Å². The molecule has 118 valence electrons. The molecule has 2 rings (SSSR count). The van der Waals surface area contributed by atoms with Gasteiger partial charge in [-0.1, -0.05) is 22.0 Å². The van der Waals surface area contributed by atoms with Gasteiger partial charge in [0.15, 0.2) is 0 Å². The topological polar surface area (TPSA) is 90.8 Å². The third-order valence-electron chi connectivity index (χ3n) is 2.80. The van der Waals surface area contributed by atoms with E-state index in [0.717, 1.165) is 4.47 Å². The molecule has 2 aromatic rings. The monoisotopic (exact) mass is 375 g/mol. The normalized spacial score (nSPS) is 10.5. The maximum Gasteiger partial charge on any atom is 0.271 e. The van der Waals surface area contributed by atoms with E-state index in [4.69, 9.17) is 0 Å². The molecule has 0 bridgehead atoms. The SMILES string of the molecule is CC(=O)Nc1cccc(C(=O)NN=Cc2cc(Br)ccc2O)c1. The largest absolute Gasteiger partial charge is 0.507 e. The summed E-state index contributed by atoms with van der Waals surface area (Å²) in [7, 11) is 0. The van der Waals surface area contributed by atoms with Gasteiger partial charge in [0, 0.05) is 28.2 Å². The van der Waals surface area contributed by atoms with E-state index in [0.29, 0.717) is 16.8 Å². The number of hydrogen-bond donors (Lipinski definition) is 3. The summed E-state index contributed by atoms with van der Waals surface area (Å²) in [6.07, 6.45) is 1.34. The van der Waals surface area contributed by atoms with E-state index in [1.807, 2.05) is 0 Å². The summed E-state index contributed by atoms with van der Waals surface area (Å²) in [5, 5.41) is 16.1. The van der Waals surface area contributed by atoms with Crippen molar-refractivity contribution in [3.05, 3.63) is 58.1 Å². The second-order valence-electron chi connectivity index (χ2n) is 4.66. The van der Waals surface area contributed by atoms with Crippen LogP contribution in [0.2, 0.25) is 0 Å². The molecule has 7 heteroatoms. The number of hydrogen-bond acceptors (Lipinski definition) is 4. The van der Waals surface area contributed by atoms with Gasteiger partial charge in [-0.25, -0.2) is 5.43 Å². The van der Waals surface area contributed by atoms with Crippen molar-refractivity contribution in [3.8, 4) is 5.75 Å². The highest BCUT2D eigenvalue weighted by molar-refractivity contribution is 9.10. The second kappa shape index (κ2) is 7.55. The van der Waals surface area contributed by atoms with Gasteiger partial charge in [-0.15, -0.1) is 0 Å². The summed E-state index contributed by atoms with van der Waals surface area (Å²) in [4.78, 5) is 23.0. The van der Waals surface area contributed by atoms with Crippen molar-refractivity contribution < 1.29 is 14.7 Å². The minimum absolute atomic E-state index is 0.0545. The van der Waals surface area contributed by atoms with E-state index in [9.17, 15) is 14.7 Å². The van der Waals surface area contributed by atoms with Crippen molar-refractivity contribution in [1.29, 1.82) is 0 Å². The molecule has 2 aromatic carbocycles. The zero-order valence-corrected chi connectivity index (χ0v) is 13.8. The quantitative estimate of drug-likeness (QED) is 0.566. The van der Waals surface area contributed by atoms with Crippen LogP contribution in [0.3, 0.4) is 0 Å². The van der Waals surface area contributed by atoms with Gasteiger partial charge in [-0.3, -0.25) is 9.59 Å². The Kier molecular flexibility index (Phi) is 5.48. The Morgan fingerprint density at radius 3 is 2.74 bits per heavy atom. The molecule has 0 aliphatic carbocycles. The van der Waals surface area contributed by atoms with Crippen LogP contribution < -0.4 is 10.7 Å². The van der Waals surface area contributed by atoms with Crippen LogP contribution in [-0.4, -0.2) is 23.1 Å². The zero-order valence-electron chi connectivity index (χ0n) is 12.2. The highest BCUT2D eigenvalue weighted by Gasteiger charge is 2.06. The number of carbonyl (C=O) groups is 2. The highest BCUT2D eigenvalue weighted by Crippen LogP contribution is 2.20. The predicted octanol–water partition coefficient (Wildman–Crippen LogP) is 2.88. The number of aromatic hydroxyl groups is 1. The first kappa shape index (κ1) is 16.7. The zero-order chi connectivity index (χ0) is 16.8. The molecule has 0 aliphatic heterocycles. The summed E-state index contributed by atoms with van der Waals surface area (Å²) < 4.78 is 0.783. The van der Waals surface area contributed by atoms with Crippen molar-refractivity contribution in [2.45, 2.75) is 6.92 Å². The molecule has 0 spiro atoms. The van der Waals surface area contributed by atoms with Crippen molar-refractivity contribution in [3.63, 3.8) is 0 Å². The van der Waals surface area contributed by atoms with Crippen LogP contribution in [-0.2, 0) is 4.79 Å². The van der Waals surface area contributed by atoms with Crippen LogP contribution in [0.1, 0.15) is 22.8 Å². The second-order valence-corrected chi connectivity index (χ2v) is 5.58. The molecule has 0 saturated heterocycles. The van der Waals surface area contributed by atoms with Gasteiger partial charge in [0.05, 0.1) is 6.21 Å². The first-order valence-corrected chi connectivity index (χ1v) is 7.44. The Morgan fingerprint density at radius 1 is 1.22 bits per heavy atom. The summed E-state index contributed by atoms with van der Waals surface area (Å²) in [6.45, 7) is 1.39. The molecule has 0 atom stereocenters. The van der Waals surface area contributed by atoms with E-state index < -0.39 is 5.91 Å². The predicted molar refractivity (Wildman–Crippen MR) is 91.6 cm³/mol. The number of nitrogens with one attached hydrogen (secondary N) is 2. The third-order valence-corrected chi connectivity index (χ3v) is 3.30. The van der Waals surface area contributed by atoms with Crippen LogP contribution in [0, 0.1) is 0 Å². The van der Waals surface area contributed by atoms with Crippen molar-refractivity contribution >= 4 is 39.6 Å². The number of phenolic OH excluding ortho intramolecular Hbond substituents is 1. The molecule has 0 saturated carbocycles. The van der Waals surface area contributed by atoms with Gasteiger partial charge < -0.3 is 10.4 Å². The van der Waals surface area contributed by atoms with Gasteiger partial charge in [0.1, 0.15) is 5.75 Å². The molecule has 23 heavy (non-hydrogen) atoms. The van der Waals surface area contributed by atoms with Crippen LogP contribution in [0.15, 0.2) is 52.0 Å². The van der Waals surface area contributed by atoms with Gasteiger partial charge >= 0.3 is 0 Å². The summed E-state index contributed by atoms with van der Waals surface area (Å²) >= 11 is 3.29. The first-order chi connectivity index (χ1) is 11.0. The fourth-order valence-electron chi connectivity index (χ4n) is 1.80. The van der Waals surface area contributed by atoms with Crippen LogP contribution in [0.25, 0.3) is 0 Å². The number of phenols is 1. The summed E-state index contributed by atoms with van der Waals surface area (Å²) in [5.41, 5.74) is 3.71. The molecule has 0 heterocycles. The molecule has 0 aromatic heterocycles. The number of hydrazone groups is 1. The summed E-state index contributed by atoms with van der Waals surface area (Å²) in [5.74, 6) is -0.590. The van der Waals surface area contributed by atoms with Crippen molar-refractivity contribution in [2.75, 3.05) is 5.32 Å². The van der Waals surface area contributed by atoms with Gasteiger partial charge in [-0.2, -0.15) is 5.10 Å². The average Bonchev–Trinajstić information content (AvgIpc) is 2.50. The Bertz CT molecular complexity index is 775. The third kappa shape index (κ3) is 4.93. The smallest absolute Gasteiger partial charge is 0.271 e. The van der Waals surface area contributed by atoms with E-state index in [1.165, 1.54) is 19.2 Å². The molecule has 6 nitrogen and oxygen atoms in total. The van der Waals surface area contributed by atoms with Crippen LogP contribution in [0.5, 0.6) is 5.75 Å². The van der Waals surface area contributed by atoms with Crippen molar-refractivity contribution in [2.24, 2.45) is 5.10 Å². The highest BCUT2D eigenvalue weighted by atomic mass is 79.9. The number of halogens is 1. The van der Waals surface area contributed by atoms with E-state index in [2.05, 4.69) is 31.8 Å². The minimum atomic E-state index is -0.428. The number of rotatable bonds is 4. The molecule has 0 fully saturated rings. The Hall–Kier alpha value is -2.67. The van der Waals surface area contributed by atoms with E-state index in [1.54, 1.807) is 36.4 Å². The maximum absolute atomic E-state index is 12.0. The van der Waals surface area contributed by atoms with E-state index >= 15 is 0 Å². The lowest BCUT2D eigenvalue weighted by Gasteiger charge is -2.04. The molecule has 0 unspecified atom stereocenters. The Morgan fingerprint density at radius 2 is 2.00 bits per heavy atom. The molecule has 2 amide bonds. The molecule has 3 N–H and O–H groups in total. The Balaban J connectivity index is 2.06. The Labute approximate surface area is 141 Å².